The summed E-state index contributed by atoms with van der Waals surface area (Å²) in [6.07, 6.45) is 13.5. The second-order valence-electron chi connectivity index (χ2n) is 38.6. The Morgan fingerprint density at radius 3 is 1.39 bits per heavy atom. The first-order valence-corrected chi connectivity index (χ1v) is 52.4. The highest BCUT2D eigenvalue weighted by atomic mass is 32.2. The van der Waals surface area contributed by atoms with Gasteiger partial charge in [-0.15, -0.1) is 0 Å². The zero-order chi connectivity index (χ0) is 102. The molecule has 1 aromatic carbocycles. The van der Waals surface area contributed by atoms with E-state index in [2.05, 4.69) is 93.8 Å². The molecular weight excluding hydrogens is 1880 g/mol. The van der Waals surface area contributed by atoms with Gasteiger partial charge in [0.1, 0.15) is 58.1 Å². The number of H-pyrrole nitrogens is 1. The second-order valence-corrected chi connectivity index (χ2v) is 45.2. The van der Waals surface area contributed by atoms with Crippen LogP contribution >= 0.6 is 0 Å². The molecule has 0 aliphatic carbocycles. The highest BCUT2D eigenvalue weighted by Crippen LogP contribution is 2.41. The molecule has 12 N–H and O–H groups in total. The molecular formula is C99H123FN22O15S4. The fraction of sp³-hybridized carbons (Fsp3) is 0.394. The Labute approximate surface area is 822 Å². The van der Waals surface area contributed by atoms with Crippen LogP contribution in [-0.2, 0) is 45.5 Å². The summed E-state index contributed by atoms with van der Waals surface area (Å²) in [7, 11) is -17.1. The molecule has 3 atom stereocenters. The van der Waals surface area contributed by atoms with Gasteiger partial charge in [0.05, 0.1) is 52.0 Å². The van der Waals surface area contributed by atoms with Crippen molar-refractivity contribution >= 4 is 110 Å². The predicted molar refractivity (Wildman–Crippen MR) is 541 cm³/mol. The maximum absolute atomic E-state index is 14.6. The Morgan fingerprint density at radius 2 is 0.957 bits per heavy atom. The van der Waals surface area contributed by atoms with E-state index >= 15 is 0 Å². The standard InChI is InChI=1S/C28H33FN4O5S.C27H35N7O3S.C24H28N6O4S.C20H27N5O3S/c1-17-8-9-18(2)33(17)25-22(26(34)32-39(36,37)24-7-6-12-30-27(24)35)10-11-23(31-25)19-13-20(29)15-21(14-19)38-16-28(3,4)5;1-17(2)14-29-23-12-9-19(15-30-23)21-11-10-20(25(31-21)34-16-18(3)13-27(34,4)5)26(35)33-38(36,37)24-8-6-7-22(28)32-24;1-16(2)34-21-12-9-17(15-26-21)19-11-10-18(23(27-19)30-13-4-3-5-14-30)24(31)29-35(32,33)22-8-6-7-20(25)28-22;1-20(2,3)15-11-10-14(18(22-15)25-12-5-4-6-13-25)19(26)24-29(27,28)17-9-7-8-16(21)23-17/h6-7,10-15,17-18H,8-9,16H2,1-5H3,(H,30,35)(H,32,34);6-12,15,17-18H,13-14,16H2,1-5H3,(H2,28,32)(H,29,30)(H,33,35);6-12,15-16H,3-5,13-14H2,1-2H3,(H2,25,28)(H,29,31);7-11H,4-6,12-13H2,1-3H3,(H2,21,23)(H,24,26)/t17-,18+;;;. The third-order valence-corrected chi connectivity index (χ3v) is 28.2. The third kappa shape index (κ3) is 27.9. The van der Waals surface area contributed by atoms with Crippen molar-refractivity contribution in [3.8, 4) is 45.4 Å². The first-order chi connectivity index (χ1) is 66.4. The van der Waals surface area contributed by atoms with Crippen LogP contribution in [-0.4, -0.2) is 177 Å². The zero-order valence-electron chi connectivity index (χ0n) is 81.6. The van der Waals surface area contributed by atoms with E-state index in [1.54, 1.807) is 60.9 Å². The Morgan fingerprint density at radius 1 is 0.511 bits per heavy atom. The van der Waals surface area contributed by atoms with Crippen LogP contribution in [0.25, 0.3) is 33.8 Å². The lowest BCUT2D eigenvalue weighted by Crippen LogP contribution is -2.41. The van der Waals surface area contributed by atoms with Crippen molar-refractivity contribution in [2.75, 3.05) is 88.0 Å². The van der Waals surface area contributed by atoms with Gasteiger partial charge in [0.2, 0.25) is 5.88 Å². The number of nitrogen functional groups attached to an aromatic ring is 3. The lowest BCUT2D eigenvalue weighted by atomic mass is 9.91. The SMILES string of the molecule is CC(C)(C)c1ccc(C(=O)NS(=O)(=O)c2cccc(N)n2)c(N2CCCCC2)n1.CC(C)CNc1ccc(-c2ccc(C(=O)NS(=O)(=O)c3cccc(N)n3)c(N3CC(C)CC3(C)C)n2)cn1.CC(C)Oc1ccc(-c2ccc(C(=O)NS(=O)(=O)c3cccc(N)n3)c(N3CCCCC3)n2)cn1.C[C@@H]1CC[C@H](C)N1c1nc(-c2cc(F)cc(OCC(C)(C)C)c2)ccc1C(=O)NS(=O)(=O)c1ccc[nH]c1=O. The molecule has 750 valence electrons. The zero-order valence-corrected chi connectivity index (χ0v) is 84.9. The number of anilines is 8. The number of sulfonamides is 4. The van der Waals surface area contributed by atoms with Gasteiger partial charge in [-0.05, 0) is 244 Å². The van der Waals surface area contributed by atoms with Crippen LogP contribution < -0.4 is 76.0 Å². The second kappa shape index (κ2) is 44.7. The van der Waals surface area contributed by atoms with E-state index < -0.39 is 80.0 Å². The summed E-state index contributed by atoms with van der Waals surface area (Å²) in [5, 5.41) is 2.34. The number of pyridine rings is 10. The van der Waals surface area contributed by atoms with Gasteiger partial charge in [-0.3, -0.25) is 24.0 Å². The van der Waals surface area contributed by atoms with Crippen molar-refractivity contribution in [2.24, 2.45) is 17.3 Å². The summed E-state index contributed by atoms with van der Waals surface area (Å²) in [6, 6.07) is 40.0. The van der Waals surface area contributed by atoms with Crippen molar-refractivity contribution in [1.29, 1.82) is 0 Å². The van der Waals surface area contributed by atoms with E-state index in [0.717, 1.165) is 119 Å². The Balaban J connectivity index is 0.000000169. The number of aromatic nitrogens is 10. The first kappa shape index (κ1) is 106. The van der Waals surface area contributed by atoms with Gasteiger partial charge in [0, 0.05) is 115 Å². The molecule has 4 aliphatic heterocycles. The summed E-state index contributed by atoms with van der Waals surface area (Å²) in [5.41, 5.74) is 20.4. The van der Waals surface area contributed by atoms with Gasteiger partial charge in [-0.2, -0.15) is 25.3 Å². The van der Waals surface area contributed by atoms with E-state index in [1.165, 1.54) is 91.1 Å². The topological polar surface area (TPSA) is 523 Å². The molecule has 4 aliphatic rings. The quantitative estimate of drug-likeness (QED) is 0.0243. The number of aromatic amines is 1. The number of hydrogen-bond donors (Lipinski definition) is 9. The number of carbonyl (C=O) groups is 4. The Kier molecular flexibility index (Phi) is 33.6. The Hall–Kier alpha value is -13.9. The number of halogens is 1. The summed E-state index contributed by atoms with van der Waals surface area (Å²) in [5.74, 6) is 0.567. The average molecular weight is 2010 g/mol. The molecule has 0 radical (unpaired) electrons. The molecule has 0 spiro atoms. The van der Waals surface area contributed by atoms with Crippen LogP contribution in [0.15, 0.2) is 201 Å². The molecule has 15 rings (SSSR count). The van der Waals surface area contributed by atoms with Gasteiger partial charge in [-0.1, -0.05) is 80.5 Å². The summed E-state index contributed by atoms with van der Waals surface area (Å²) in [4.78, 5) is 114. The van der Waals surface area contributed by atoms with E-state index in [9.17, 15) is 62.0 Å². The number of benzene rings is 1. The molecule has 11 aromatic rings. The predicted octanol–water partition coefficient (Wildman–Crippen LogP) is 13.9. The molecule has 37 nitrogen and oxygen atoms in total. The number of nitrogens with two attached hydrogens (primary N) is 3. The lowest BCUT2D eigenvalue weighted by molar-refractivity contribution is 0.0972. The number of amides is 4. The number of ether oxygens (including phenoxy) is 2. The summed E-state index contributed by atoms with van der Waals surface area (Å²) < 4.78 is 137. The maximum Gasteiger partial charge on any atom is 0.281 e. The van der Waals surface area contributed by atoms with Crippen LogP contribution in [0.4, 0.5) is 50.9 Å². The van der Waals surface area contributed by atoms with E-state index in [4.69, 9.17) is 46.6 Å². The van der Waals surface area contributed by atoms with Crippen LogP contribution in [0.5, 0.6) is 11.6 Å². The highest BCUT2D eigenvalue weighted by Gasteiger charge is 2.41. The molecule has 0 bridgehead atoms. The molecule has 1 unspecified atom stereocenters. The summed E-state index contributed by atoms with van der Waals surface area (Å²) in [6.45, 7) is 35.5. The van der Waals surface area contributed by atoms with Crippen molar-refractivity contribution in [3.63, 3.8) is 0 Å². The van der Waals surface area contributed by atoms with Gasteiger partial charge in [0.25, 0.3) is 69.3 Å². The van der Waals surface area contributed by atoms with Gasteiger partial charge in [0.15, 0.2) is 20.0 Å². The molecule has 14 heterocycles. The number of nitrogens with one attached hydrogen (secondary N) is 6. The molecule has 0 saturated carbocycles. The summed E-state index contributed by atoms with van der Waals surface area (Å²) >= 11 is 0. The number of hydrogen-bond acceptors (Lipinski definition) is 32. The molecule has 4 saturated heterocycles. The number of rotatable bonds is 26. The van der Waals surface area contributed by atoms with Gasteiger partial charge >= 0.3 is 0 Å². The van der Waals surface area contributed by atoms with Crippen LogP contribution in [0.3, 0.4) is 0 Å². The van der Waals surface area contributed by atoms with E-state index in [-0.39, 0.29) is 95.2 Å². The largest absolute Gasteiger partial charge is 0.493 e. The number of carbonyl (C=O) groups excluding carboxylic acids is 4. The van der Waals surface area contributed by atoms with E-state index in [1.807, 2.05) is 102 Å². The molecule has 141 heavy (non-hydrogen) atoms. The van der Waals surface area contributed by atoms with Crippen molar-refractivity contribution < 1.29 is 66.7 Å². The van der Waals surface area contributed by atoms with Gasteiger partial charge < -0.3 is 56.6 Å². The molecule has 4 amide bonds. The highest BCUT2D eigenvalue weighted by molar-refractivity contribution is 7.91. The first-order valence-electron chi connectivity index (χ1n) is 46.4. The molecule has 4 fully saturated rings. The number of nitrogens with zero attached hydrogens (tertiary/aromatic N) is 13. The minimum atomic E-state index is -4.45. The Bertz CT molecular complexity index is 6910. The van der Waals surface area contributed by atoms with Crippen LogP contribution in [0, 0.1) is 23.1 Å². The van der Waals surface area contributed by atoms with Crippen molar-refractivity contribution in [2.45, 2.75) is 211 Å². The lowest BCUT2D eigenvalue weighted by Gasteiger charge is -2.34. The van der Waals surface area contributed by atoms with Crippen molar-refractivity contribution in [1.82, 2.24) is 68.7 Å². The molecule has 10 aromatic heterocycles. The van der Waals surface area contributed by atoms with Crippen LogP contribution in [0.2, 0.25) is 0 Å². The fourth-order valence-electron chi connectivity index (χ4n) is 16.2. The van der Waals surface area contributed by atoms with Crippen LogP contribution in [0.1, 0.15) is 209 Å². The minimum absolute atomic E-state index is 0.00813. The normalized spacial score (nSPS) is 16.1. The molecule has 42 heteroatoms. The number of piperidine rings is 2. The smallest absolute Gasteiger partial charge is 0.281 e. The average Bonchev–Trinajstić information content (AvgIpc) is 1.68. The van der Waals surface area contributed by atoms with Gasteiger partial charge in [-0.25, -0.2) is 76.6 Å². The fourth-order valence-corrected chi connectivity index (χ4v) is 20.1. The minimum Gasteiger partial charge on any atom is -0.493 e. The monoisotopic (exact) mass is 2010 g/mol. The van der Waals surface area contributed by atoms with E-state index in [0.29, 0.717) is 76.7 Å². The van der Waals surface area contributed by atoms with Crippen molar-refractivity contribution in [3.05, 3.63) is 220 Å². The third-order valence-electron chi connectivity index (χ3n) is 23.1. The maximum atomic E-state index is 14.6.